The summed E-state index contributed by atoms with van der Waals surface area (Å²) in [7, 11) is -3.81. The van der Waals surface area contributed by atoms with Gasteiger partial charge in [-0.3, -0.25) is 0 Å². The van der Waals surface area contributed by atoms with Crippen LogP contribution >= 0.6 is 0 Å². The number of ether oxygens (including phenoxy) is 1. The van der Waals surface area contributed by atoms with Gasteiger partial charge in [-0.2, -0.15) is 0 Å². The Morgan fingerprint density at radius 3 is 1.58 bits per heavy atom. The zero-order valence-corrected chi connectivity index (χ0v) is 15.8. The molecule has 10 heteroatoms. The van der Waals surface area contributed by atoms with Crippen molar-refractivity contribution in [2.45, 2.75) is 46.8 Å². The van der Waals surface area contributed by atoms with Gasteiger partial charge in [-0.05, 0) is 26.7 Å². The van der Waals surface area contributed by atoms with Gasteiger partial charge in [0.15, 0.2) is 12.2 Å². The number of carbonyl (C=O) groups is 2. The van der Waals surface area contributed by atoms with E-state index in [2.05, 4.69) is 0 Å². The second kappa shape index (κ2) is 11.5. The van der Waals surface area contributed by atoms with Gasteiger partial charge in [0.25, 0.3) is 0 Å². The molecule has 0 fully saturated rings. The molecule has 0 aromatic heterocycles. The quantitative estimate of drug-likeness (QED) is 0.434. The fourth-order valence-corrected chi connectivity index (χ4v) is 3.79. The summed E-state index contributed by atoms with van der Waals surface area (Å²) in [6, 6.07) is 0. The van der Waals surface area contributed by atoms with Crippen molar-refractivity contribution in [3.8, 4) is 0 Å². The number of carboxylic acid groups (broad SMARTS) is 2. The third-order valence-electron chi connectivity index (χ3n) is 2.61. The van der Waals surface area contributed by atoms with Crippen LogP contribution in [0.5, 0.6) is 0 Å². The van der Waals surface area contributed by atoms with Crippen LogP contribution in [0.3, 0.4) is 0 Å². The Bertz CT molecular complexity index is 371. The van der Waals surface area contributed by atoms with E-state index in [1.165, 1.54) is 0 Å². The van der Waals surface area contributed by atoms with Gasteiger partial charge in [-0.1, -0.05) is 13.8 Å². The van der Waals surface area contributed by atoms with Crippen LogP contribution in [0, 0.1) is 5.92 Å². The van der Waals surface area contributed by atoms with Gasteiger partial charge in [0.1, 0.15) is 0 Å². The summed E-state index contributed by atoms with van der Waals surface area (Å²) in [5.74, 6) is -2.92. The predicted octanol–water partition coefficient (Wildman–Crippen LogP) is 1.13. The lowest BCUT2D eigenvalue weighted by Crippen LogP contribution is -2.57. The lowest BCUT2D eigenvalue weighted by molar-refractivity contribution is -0.177. The topological polar surface area (TPSA) is 121 Å². The van der Waals surface area contributed by atoms with E-state index >= 15 is 0 Å². The van der Waals surface area contributed by atoms with Crippen LogP contribution in [0.15, 0.2) is 0 Å². The molecule has 0 aliphatic rings. The Labute approximate surface area is 143 Å². The SMILES string of the molecule is CCO[Si](OCC)(OCC)OC(C(=O)O)C(OCC(C)C)C(=O)O. The molecule has 0 aliphatic heterocycles. The van der Waals surface area contributed by atoms with Gasteiger partial charge in [-0.25, -0.2) is 9.59 Å². The third-order valence-corrected chi connectivity index (χ3v) is 5.07. The van der Waals surface area contributed by atoms with Gasteiger partial charge >= 0.3 is 21.0 Å². The molecular weight excluding hydrogens is 340 g/mol. The monoisotopic (exact) mass is 368 g/mol. The van der Waals surface area contributed by atoms with Crippen molar-refractivity contribution < 1.29 is 42.2 Å². The molecule has 2 N–H and O–H groups in total. The van der Waals surface area contributed by atoms with E-state index in [9.17, 15) is 19.8 Å². The predicted molar refractivity (Wildman–Crippen MR) is 85.4 cm³/mol. The lowest BCUT2D eigenvalue weighted by Gasteiger charge is -2.31. The van der Waals surface area contributed by atoms with Crippen LogP contribution in [-0.4, -0.2) is 69.8 Å². The van der Waals surface area contributed by atoms with Crippen LogP contribution in [-0.2, 0) is 32.0 Å². The van der Waals surface area contributed by atoms with Gasteiger partial charge < -0.3 is 32.7 Å². The fourth-order valence-electron chi connectivity index (χ4n) is 1.74. The minimum atomic E-state index is -3.81. The van der Waals surface area contributed by atoms with Crippen molar-refractivity contribution in [2.75, 3.05) is 26.4 Å². The molecule has 0 aromatic rings. The van der Waals surface area contributed by atoms with Crippen LogP contribution in [0.2, 0.25) is 0 Å². The first kappa shape index (κ1) is 23.0. The summed E-state index contributed by atoms with van der Waals surface area (Å²) in [6.07, 6.45) is -3.53. The molecule has 2 atom stereocenters. The van der Waals surface area contributed by atoms with E-state index < -0.39 is 33.2 Å². The summed E-state index contributed by atoms with van der Waals surface area (Å²) in [5, 5.41) is 18.7. The average Bonchev–Trinajstić information content (AvgIpc) is 2.46. The van der Waals surface area contributed by atoms with E-state index in [1.807, 2.05) is 13.8 Å². The molecule has 9 nitrogen and oxygen atoms in total. The first-order chi connectivity index (χ1) is 11.2. The molecular formula is C14H28O9Si. The summed E-state index contributed by atoms with van der Waals surface area (Å²) >= 11 is 0. The number of carboxylic acids is 2. The highest BCUT2D eigenvalue weighted by Gasteiger charge is 2.52. The van der Waals surface area contributed by atoms with Crippen LogP contribution in [0.4, 0.5) is 0 Å². The minimum Gasteiger partial charge on any atom is -0.479 e. The molecule has 0 aliphatic carbocycles. The van der Waals surface area contributed by atoms with Crippen molar-refractivity contribution in [1.82, 2.24) is 0 Å². The van der Waals surface area contributed by atoms with Gasteiger partial charge in [0.05, 0.1) is 6.61 Å². The number of aliphatic carboxylic acids is 2. The maximum absolute atomic E-state index is 11.6. The zero-order valence-electron chi connectivity index (χ0n) is 14.8. The van der Waals surface area contributed by atoms with E-state index in [4.69, 9.17) is 22.4 Å². The maximum Gasteiger partial charge on any atom is 0.680 e. The Kier molecular flexibility index (Phi) is 11.0. The van der Waals surface area contributed by atoms with Crippen molar-refractivity contribution >= 4 is 21.0 Å². The van der Waals surface area contributed by atoms with E-state index in [0.29, 0.717) is 0 Å². The number of rotatable bonds is 14. The highest BCUT2D eigenvalue weighted by Crippen LogP contribution is 2.19. The Hall–Kier alpha value is -1.04. The molecule has 0 radical (unpaired) electrons. The van der Waals surface area contributed by atoms with Gasteiger partial charge in [0.2, 0.25) is 0 Å². The Morgan fingerprint density at radius 1 is 0.875 bits per heavy atom. The molecule has 0 spiro atoms. The van der Waals surface area contributed by atoms with Crippen LogP contribution in [0.25, 0.3) is 0 Å². The number of hydrogen-bond donors (Lipinski definition) is 2. The molecule has 142 valence electrons. The zero-order chi connectivity index (χ0) is 18.8. The van der Waals surface area contributed by atoms with E-state index in [-0.39, 0.29) is 32.3 Å². The van der Waals surface area contributed by atoms with Crippen molar-refractivity contribution in [2.24, 2.45) is 5.92 Å². The molecule has 0 heterocycles. The third kappa shape index (κ3) is 7.68. The van der Waals surface area contributed by atoms with Gasteiger partial charge in [-0.15, -0.1) is 0 Å². The van der Waals surface area contributed by atoms with Crippen molar-refractivity contribution in [3.05, 3.63) is 0 Å². The molecule has 0 saturated carbocycles. The first-order valence-electron chi connectivity index (χ1n) is 7.89. The lowest BCUT2D eigenvalue weighted by atomic mass is 10.2. The second-order valence-corrected chi connectivity index (χ2v) is 7.26. The summed E-state index contributed by atoms with van der Waals surface area (Å²) in [4.78, 5) is 23.0. The Morgan fingerprint density at radius 2 is 1.29 bits per heavy atom. The largest absolute Gasteiger partial charge is 0.680 e. The number of hydrogen-bond acceptors (Lipinski definition) is 7. The van der Waals surface area contributed by atoms with Crippen LogP contribution in [0.1, 0.15) is 34.6 Å². The summed E-state index contributed by atoms with van der Waals surface area (Å²) in [6.45, 7) is 9.17. The normalized spacial score (nSPS) is 14.6. The van der Waals surface area contributed by atoms with Gasteiger partial charge in [0, 0.05) is 19.8 Å². The van der Waals surface area contributed by atoms with Crippen molar-refractivity contribution in [1.29, 1.82) is 0 Å². The summed E-state index contributed by atoms with van der Waals surface area (Å²) in [5.41, 5.74) is 0. The molecule has 0 aromatic carbocycles. The smallest absolute Gasteiger partial charge is 0.479 e. The molecule has 0 amide bonds. The fraction of sp³-hybridized carbons (Fsp3) is 0.857. The molecule has 0 rings (SSSR count). The maximum atomic E-state index is 11.6. The standard InChI is InChI=1S/C14H28O9Si/c1-6-20-24(21-7-2,22-8-3)23-12(14(17)18)11(13(15)16)19-9-10(4)5/h10-12H,6-9H2,1-5H3,(H,15,16)(H,17,18). The van der Waals surface area contributed by atoms with Crippen LogP contribution < -0.4 is 0 Å². The second-order valence-electron chi connectivity index (χ2n) is 5.16. The summed E-state index contributed by atoms with van der Waals surface area (Å²) < 4.78 is 26.9. The average molecular weight is 368 g/mol. The van der Waals surface area contributed by atoms with Crippen molar-refractivity contribution in [3.63, 3.8) is 0 Å². The molecule has 2 unspecified atom stereocenters. The Balaban J connectivity index is 5.48. The highest BCUT2D eigenvalue weighted by molar-refractivity contribution is 6.53. The minimum absolute atomic E-state index is 0.0222. The first-order valence-corrected chi connectivity index (χ1v) is 9.53. The molecule has 0 bridgehead atoms. The highest BCUT2D eigenvalue weighted by atomic mass is 28.4. The van der Waals surface area contributed by atoms with E-state index in [1.54, 1.807) is 20.8 Å². The molecule has 0 saturated heterocycles. The molecule has 24 heavy (non-hydrogen) atoms. The van der Waals surface area contributed by atoms with E-state index in [0.717, 1.165) is 0 Å².